The van der Waals surface area contributed by atoms with Gasteiger partial charge in [-0.1, -0.05) is 32.0 Å². The molecule has 0 saturated carbocycles. The van der Waals surface area contributed by atoms with Crippen molar-refractivity contribution in [3.8, 4) is 0 Å². The first-order valence-electron chi connectivity index (χ1n) is 8.04. The number of amides is 1. The topological polar surface area (TPSA) is 55.8 Å². The molecule has 5 nitrogen and oxygen atoms in total. The van der Waals surface area contributed by atoms with Crippen LogP contribution in [0.4, 0.5) is 5.69 Å². The number of piperazine rings is 1. The van der Waals surface area contributed by atoms with Crippen LogP contribution in [0.3, 0.4) is 0 Å². The maximum atomic E-state index is 12.3. The number of benzene rings is 1. The van der Waals surface area contributed by atoms with E-state index in [0.29, 0.717) is 12.5 Å². The number of nitrogens with one attached hydrogen (secondary N) is 1. The fourth-order valence-corrected chi connectivity index (χ4v) is 2.82. The van der Waals surface area contributed by atoms with Crippen molar-refractivity contribution in [1.82, 2.24) is 9.80 Å². The molecular weight excluding hydrogens is 278 g/mol. The number of carbonyl (C=O) groups excluding carboxylic acids is 1. The zero-order chi connectivity index (χ0) is 15.9. The van der Waals surface area contributed by atoms with Gasteiger partial charge in [0.05, 0.1) is 13.2 Å². The minimum Gasteiger partial charge on any atom is -0.395 e. The number of anilines is 1. The van der Waals surface area contributed by atoms with E-state index in [2.05, 4.69) is 35.0 Å². The molecule has 0 radical (unpaired) electrons. The fraction of sp³-hybridized carbons (Fsp3) is 0.588. The van der Waals surface area contributed by atoms with E-state index in [0.717, 1.165) is 38.4 Å². The van der Waals surface area contributed by atoms with Crippen LogP contribution in [-0.4, -0.2) is 66.7 Å². The highest BCUT2D eigenvalue weighted by Crippen LogP contribution is 2.23. The van der Waals surface area contributed by atoms with Crippen molar-refractivity contribution in [1.29, 1.82) is 0 Å². The average Bonchev–Trinajstić information content (AvgIpc) is 2.50. The molecule has 1 amide bonds. The molecule has 1 heterocycles. The predicted octanol–water partition coefficient (Wildman–Crippen LogP) is 1.36. The first-order chi connectivity index (χ1) is 10.6. The number of hydrogen-bond donors (Lipinski definition) is 2. The van der Waals surface area contributed by atoms with Crippen molar-refractivity contribution in [3.05, 3.63) is 29.8 Å². The Hall–Kier alpha value is -1.43. The number of β-amino-alcohol motifs (C(OH)–C–C–N with tert-alkyl or cyclic N) is 1. The van der Waals surface area contributed by atoms with Crippen LogP contribution >= 0.6 is 0 Å². The molecule has 0 aliphatic carbocycles. The highest BCUT2D eigenvalue weighted by Gasteiger charge is 2.19. The van der Waals surface area contributed by atoms with Crippen LogP contribution in [0.5, 0.6) is 0 Å². The highest BCUT2D eigenvalue weighted by molar-refractivity contribution is 5.93. The molecule has 1 aliphatic rings. The molecule has 0 bridgehead atoms. The third kappa shape index (κ3) is 4.80. The summed E-state index contributed by atoms with van der Waals surface area (Å²) in [7, 11) is 0. The van der Waals surface area contributed by atoms with Gasteiger partial charge in [0.15, 0.2) is 0 Å². The first kappa shape index (κ1) is 16.9. The van der Waals surface area contributed by atoms with Crippen LogP contribution < -0.4 is 5.32 Å². The summed E-state index contributed by atoms with van der Waals surface area (Å²) >= 11 is 0. The molecule has 22 heavy (non-hydrogen) atoms. The highest BCUT2D eigenvalue weighted by atomic mass is 16.3. The van der Waals surface area contributed by atoms with E-state index in [-0.39, 0.29) is 12.5 Å². The lowest BCUT2D eigenvalue weighted by Gasteiger charge is -2.33. The Morgan fingerprint density at radius 1 is 1.18 bits per heavy atom. The van der Waals surface area contributed by atoms with Crippen molar-refractivity contribution in [2.75, 3.05) is 51.2 Å². The Morgan fingerprint density at radius 3 is 2.45 bits per heavy atom. The maximum Gasteiger partial charge on any atom is 0.238 e. The number of rotatable bonds is 6. The van der Waals surface area contributed by atoms with Crippen molar-refractivity contribution in [2.45, 2.75) is 19.8 Å². The van der Waals surface area contributed by atoms with Gasteiger partial charge in [0, 0.05) is 38.4 Å². The monoisotopic (exact) mass is 305 g/mol. The van der Waals surface area contributed by atoms with Gasteiger partial charge in [0.1, 0.15) is 0 Å². The Labute approximate surface area is 132 Å². The second-order valence-corrected chi connectivity index (χ2v) is 6.13. The number of nitrogens with zero attached hydrogens (tertiary/aromatic N) is 2. The van der Waals surface area contributed by atoms with Gasteiger partial charge in [-0.15, -0.1) is 0 Å². The summed E-state index contributed by atoms with van der Waals surface area (Å²) in [5, 5.41) is 12.0. The normalized spacial score (nSPS) is 16.9. The van der Waals surface area contributed by atoms with Crippen LogP contribution in [0, 0.1) is 0 Å². The molecule has 5 heteroatoms. The summed E-state index contributed by atoms with van der Waals surface area (Å²) in [6.07, 6.45) is 0. The third-order valence-corrected chi connectivity index (χ3v) is 4.11. The molecule has 122 valence electrons. The molecule has 0 aromatic heterocycles. The lowest BCUT2D eigenvalue weighted by atomic mass is 10.0. The molecule has 0 unspecified atom stereocenters. The fourth-order valence-electron chi connectivity index (χ4n) is 2.82. The Morgan fingerprint density at radius 2 is 1.82 bits per heavy atom. The lowest BCUT2D eigenvalue weighted by Crippen LogP contribution is -2.49. The number of hydrogen-bond acceptors (Lipinski definition) is 4. The van der Waals surface area contributed by atoms with Crippen molar-refractivity contribution in [2.24, 2.45) is 0 Å². The zero-order valence-corrected chi connectivity index (χ0v) is 13.6. The van der Waals surface area contributed by atoms with E-state index < -0.39 is 0 Å². The predicted molar refractivity (Wildman–Crippen MR) is 89.1 cm³/mol. The number of carbonyl (C=O) groups is 1. The van der Waals surface area contributed by atoms with Crippen LogP contribution in [0.2, 0.25) is 0 Å². The molecule has 1 fully saturated rings. The van der Waals surface area contributed by atoms with Crippen LogP contribution in [0.25, 0.3) is 0 Å². The molecule has 2 rings (SSSR count). The molecule has 2 N–H and O–H groups in total. The first-order valence-corrected chi connectivity index (χ1v) is 8.04. The SMILES string of the molecule is CC(C)c1ccccc1NC(=O)CN1CCN(CCO)CC1. The molecular formula is C17H27N3O2. The van der Waals surface area contributed by atoms with E-state index in [4.69, 9.17) is 5.11 Å². The minimum absolute atomic E-state index is 0.0451. The van der Waals surface area contributed by atoms with Gasteiger partial charge in [-0.2, -0.15) is 0 Å². The van der Waals surface area contributed by atoms with E-state index >= 15 is 0 Å². The summed E-state index contributed by atoms with van der Waals surface area (Å²) in [6.45, 7) is 9.19. The minimum atomic E-state index is 0.0451. The second-order valence-electron chi connectivity index (χ2n) is 6.13. The second kappa shape index (κ2) is 8.27. The van der Waals surface area contributed by atoms with Gasteiger partial charge in [-0.25, -0.2) is 0 Å². The number of para-hydroxylation sites is 1. The number of aliphatic hydroxyl groups excluding tert-OH is 1. The summed E-state index contributed by atoms with van der Waals surface area (Å²) in [5.41, 5.74) is 2.09. The van der Waals surface area contributed by atoms with Gasteiger partial charge >= 0.3 is 0 Å². The van der Waals surface area contributed by atoms with E-state index in [1.165, 1.54) is 5.56 Å². The molecule has 1 aromatic rings. The van der Waals surface area contributed by atoms with Crippen LogP contribution in [0.15, 0.2) is 24.3 Å². The van der Waals surface area contributed by atoms with Gasteiger partial charge in [0.25, 0.3) is 0 Å². The van der Waals surface area contributed by atoms with Gasteiger partial charge in [-0.3, -0.25) is 14.6 Å². The number of aliphatic hydroxyl groups is 1. The van der Waals surface area contributed by atoms with Crippen molar-refractivity contribution < 1.29 is 9.90 Å². The quantitative estimate of drug-likeness (QED) is 0.833. The maximum absolute atomic E-state index is 12.3. The summed E-state index contributed by atoms with van der Waals surface area (Å²) in [4.78, 5) is 16.6. The molecule has 0 atom stereocenters. The molecule has 1 saturated heterocycles. The van der Waals surface area contributed by atoms with Crippen molar-refractivity contribution >= 4 is 11.6 Å². The van der Waals surface area contributed by atoms with Gasteiger partial charge < -0.3 is 10.4 Å². The largest absolute Gasteiger partial charge is 0.395 e. The Bertz CT molecular complexity index is 483. The lowest BCUT2D eigenvalue weighted by molar-refractivity contribution is -0.117. The summed E-state index contributed by atoms with van der Waals surface area (Å²) < 4.78 is 0. The molecule has 1 aromatic carbocycles. The van der Waals surface area contributed by atoms with E-state index in [1.54, 1.807) is 0 Å². The average molecular weight is 305 g/mol. The Kier molecular flexibility index (Phi) is 6.36. The standard InChI is InChI=1S/C17H27N3O2/c1-14(2)15-5-3-4-6-16(15)18-17(22)13-20-9-7-19(8-10-20)11-12-21/h3-6,14,21H,7-13H2,1-2H3,(H,18,22). The summed E-state index contributed by atoms with van der Waals surface area (Å²) in [6, 6.07) is 7.99. The van der Waals surface area contributed by atoms with Crippen molar-refractivity contribution in [3.63, 3.8) is 0 Å². The molecule has 0 spiro atoms. The summed E-state index contributed by atoms with van der Waals surface area (Å²) in [5.74, 6) is 0.433. The zero-order valence-electron chi connectivity index (χ0n) is 13.6. The smallest absolute Gasteiger partial charge is 0.238 e. The van der Waals surface area contributed by atoms with Gasteiger partial charge in [-0.05, 0) is 17.5 Å². The van der Waals surface area contributed by atoms with Crippen LogP contribution in [-0.2, 0) is 4.79 Å². The van der Waals surface area contributed by atoms with E-state index in [1.807, 2.05) is 18.2 Å². The van der Waals surface area contributed by atoms with E-state index in [9.17, 15) is 4.79 Å². The Balaban J connectivity index is 1.84. The van der Waals surface area contributed by atoms with Crippen LogP contribution in [0.1, 0.15) is 25.3 Å². The van der Waals surface area contributed by atoms with Gasteiger partial charge in [0.2, 0.25) is 5.91 Å². The molecule has 1 aliphatic heterocycles. The third-order valence-electron chi connectivity index (χ3n) is 4.11.